The molecule has 0 spiro atoms. The Morgan fingerprint density at radius 3 is 2.69 bits per heavy atom. The number of benzene rings is 1. The Balaban J connectivity index is 2.33. The molecule has 0 aromatic heterocycles. The first-order valence-electron chi connectivity index (χ1n) is 7.49. The van der Waals surface area contributed by atoms with Crippen molar-refractivity contribution in [1.29, 1.82) is 5.26 Å². The number of carbonyl (C=O) groups excluding carboxylic acids is 2. The molecule has 134 valence electrons. The molecule has 0 bridgehead atoms. The Morgan fingerprint density at radius 1 is 1.42 bits per heavy atom. The molecule has 2 N–H and O–H groups in total. The van der Waals surface area contributed by atoms with E-state index in [0.717, 1.165) is 0 Å². The maximum atomic E-state index is 12.6. The number of nitriles is 1. The second kappa shape index (κ2) is 6.88. The fraction of sp³-hybridized carbons (Fsp3) is 0.235. The van der Waals surface area contributed by atoms with Gasteiger partial charge in [-0.1, -0.05) is 41.0 Å². The van der Waals surface area contributed by atoms with Crippen LogP contribution in [0.3, 0.4) is 0 Å². The van der Waals surface area contributed by atoms with Gasteiger partial charge in [0.15, 0.2) is 0 Å². The first-order chi connectivity index (χ1) is 12.3. The summed E-state index contributed by atoms with van der Waals surface area (Å²) in [5.74, 6) is -1.81. The molecule has 9 heteroatoms. The van der Waals surface area contributed by atoms with Crippen LogP contribution in [0.1, 0.15) is 18.4 Å². The quantitative estimate of drug-likeness (QED) is 0.753. The van der Waals surface area contributed by atoms with Gasteiger partial charge in [0.2, 0.25) is 5.91 Å². The molecule has 2 atom stereocenters. The molecule has 0 saturated carbocycles. The molecular formula is C17H13Cl2N3O3S. The Labute approximate surface area is 164 Å². The number of thioether (sulfide) groups is 1. The molecule has 0 unspecified atom stereocenters. The van der Waals surface area contributed by atoms with Crippen LogP contribution in [0.4, 0.5) is 0 Å². The number of amides is 1. The number of esters is 1. The maximum Gasteiger partial charge on any atom is 0.337 e. The van der Waals surface area contributed by atoms with E-state index in [2.05, 4.69) is 0 Å². The first-order valence-corrected chi connectivity index (χ1v) is 9.13. The van der Waals surface area contributed by atoms with E-state index in [4.69, 9.17) is 33.7 Å². The lowest BCUT2D eigenvalue weighted by molar-refractivity contribution is -0.136. The van der Waals surface area contributed by atoms with Crippen molar-refractivity contribution >= 4 is 46.8 Å². The summed E-state index contributed by atoms with van der Waals surface area (Å²) in [6.45, 7) is 1.71. The largest absolute Gasteiger partial charge is 0.466 e. The Kier molecular flexibility index (Phi) is 4.93. The van der Waals surface area contributed by atoms with E-state index in [-0.39, 0.29) is 27.9 Å². The zero-order valence-corrected chi connectivity index (χ0v) is 16.1. The van der Waals surface area contributed by atoms with E-state index in [1.54, 1.807) is 19.1 Å². The molecular weight excluding hydrogens is 397 g/mol. The third-order valence-electron chi connectivity index (χ3n) is 4.18. The average molecular weight is 410 g/mol. The molecule has 2 aliphatic rings. The number of ether oxygens (including phenoxy) is 1. The van der Waals surface area contributed by atoms with Gasteiger partial charge in [-0.15, -0.1) is 0 Å². The lowest BCUT2D eigenvalue weighted by Gasteiger charge is -2.31. The van der Waals surface area contributed by atoms with Gasteiger partial charge in [0.1, 0.15) is 5.82 Å². The summed E-state index contributed by atoms with van der Waals surface area (Å²) in [7, 11) is 1.24. The monoisotopic (exact) mass is 409 g/mol. The van der Waals surface area contributed by atoms with E-state index in [9.17, 15) is 14.9 Å². The van der Waals surface area contributed by atoms with Crippen molar-refractivity contribution in [1.82, 2.24) is 4.90 Å². The molecule has 1 aromatic rings. The Hall–Kier alpha value is -2.14. The standard InChI is InChI=1S/C17H13Cl2N3O3S/c1-7-15(23)22-14(21)10(6-20)12(9-4-3-8(18)5-11(9)19)13(16(22)26-7)17(24)25-2/h3-5,7,12H,21H2,1-2H3/t7-,12+/m0/s1. The normalized spacial score (nSPS) is 22.4. The van der Waals surface area contributed by atoms with Gasteiger partial charge in [-0.05, 0) is 24.6 Å². The third kappa shape index (κ3) is 2.75. The van der Waals surface area contributed by atoms with Gasteiger partial charge >= 0.3 is 5.97 Å². The minimum Gasteiger partial charge on any atom is -0.466 e. The van der Waals surface area contributed by atoms with Crippen LogP contribution < -0.4 is 5.73 Å². The van der Waals surface area contributed by atoms with E-state index in [0.29, 0.717) is 15.6 Å². The van der Waals surface area contributed by atoms with Crippen molar-refractivity contribution in [2.45, 2.75) is 18.1 Å². The minimum atomic E-state index is -0.853. The van der Waals surface area contributed by atoms with Crippen LogP contribution in [0, 0.1) is 11.3 Å². The molecule has 0 aliphatic carbocycles. The van der Waals surface area contributed by atoms with Crippen LogP contribution in [0.15, 0.2) is 40.2 Å². The van der Waals surface area contributed by atoms with Crippen LogP contribution in [0.2, 0.25) is 10.0 Å². The van der Waals surface area contributed by atoms with E-state index in [1.807, 2.05) is 6.07 Å². The zero-order valence-electron chi connectivity index (χ0n) is 13.7. The maximum absolute atomic E-state index is 12.6. The van der Waals surface area contributed by atoms with Crippen LogP contribution >= 0.6 is 35.0 Å². The predicted molar refractivity (Wildman–Crippen MR) is 99.0 cm³/mol. The summed E-state index contributed by atoms with van der Waals surface area (Å²) in [6, 6.07) is 6.77. The number of allylic oxidation sites excluding steroid dienone is 1. The summed E-state index contributed by atoms with van der Waals surface area (Å²) < 4.78 is 4.92. The highest BCUT2D eigenvalue weighted by molar-refractivity contribution is 8.04. The summed E-state index contributed by atoms with van der Waals surface area (Å²) in [4.78, 5) is 26.3. The van der Waals surface area contributed by atoms with Gasteiger partial charge in [-0.25, -0.2) is 4.79 Å². The van der Waals surface area contributed by atoms with Gasteiger partial charge in [0.25, 0.3) is 0 Å². The highest BCUT2D eigenvalue weighted by atomic mass is 35.5. The fourth-order valence-electron chi connectivity index (χ4n) is 2.98. The molecule has 3 rings (SSSR count). The third-order valence-corrected chi connectivity index (χ3v) is 5.93. The topological polar surface area (TPSA) is 96.4 Å². The molecule has 1 fully saturated rings. The highest BCUT2D eigenvalue weighted by Crippen LogP contribution is 2.50. The van der Waals surface area contributed by atoms with Crippen LogP contribution in [-0.2, 0) is 14.3 Å². The molecule has 1 saturated heterocycles. The molecule has 2 heterocycles. The van der Waals surface area contributed by atoms with Crippen LogP contribution in [-0.4, -0.2) is 29.1 Å². The number of hydrogen-bond acceptors (Lipinski definition) is 6. The fourth-order valence-corrected chi connectivity index (χ4v) is 4.66. The summed E-state index contributed by atoms with van der Waals surface area (Å²) in [6.07, 6.45) is 0. The summed E-state index contributed by atoms with van der Waals surface area (Å²) in [5, 5.41) is 10.3. The van der Waals surface area contributed by atoms with Gasteiger partial charge in [-0.2, -0.15) is 5.26 Å². The van der Waals surface area contributed by atoms with E-state index < -0.39 is 17.1 Å². The van der Waals surface area contributed by atoms with Crippen molar-refractivity contribution in [2.75, 3.05) is 7.11 Å². The number of carbonyl (C=O) groups is 2. The molecule has 0 radical (unpaired) electrons. The zero-order chi connectivity index (χ0) is 19.2. The van der Waals surface area contributed by atoms with Crippen molar-refractivity contribution < 1.29 is 14.3 Å². The van der Waals surface area contributed by atoms with Crippen LogP contribution in [0.25, 0.3) is 0 Å². The lowest BCUT2D eigenvalue weighted by atomic mass is 9.83. The van der Waals surface area contributed by atoms with E-state index >= 15 is 0 Å². The summed E-state index contributed by atoms with van der Waals surface area (Å²) in [5.41, 5.74) is 6.83. The Morgan fingerprint density at radius 2 is 2.12 bits per heavy atom. The van der Waals surface area contributed by atoms with Crippen molar-refractivity contribution in [3.63, 3.8) is 0 Å². The lowest BCUT2D eigenvalue weighted by Crippen LogP contribution is -2.38. The van der Waals surface area contributed by atoms with Crippen molar-refractivity contribution in [3.05, 3.63) is 55.8 Å². The number of nitrogens with zero attached hydrogens (tertiary/aromatic N) is 2. The number of halogens is 2. The number of fused-ring (bicyclic) bond motifs is 1. The molecule has 26 heavy (non-hydrogen) atoms. The highest BCUT2D eigenvalue weighted by Gasteiger charge is 2.47. The number of hydrogen-bond donors (Lipinski definition) is 1. The molecule has 6 nitrogen and oxygen atoms in total. The Bertz CT molecular complexity index is 936. The average Bonchev–Trinajstić information content (AvgIpc) is 2.89. The van der Waals surface area contributed by atoms with Crippen molar-refractivity contribution in [3.8, 4) is 6.07 Å². The first kappa shape index (κ1) is 18.6. The molecule has 1 aromatic carbocycles. The number of rotatable bonds is 2. The number of nitrogens with two attached hydrogens (primary N) is 1. The van der Waals surface area contributed by atoms with E-state index in [1.165, 1.54) is 29.8 Å². The minimum absolute atomic E-state index is 0.00646. The van der Waals surface area contributed by atoms with Crippen LogP contribution in [0.5, 0.6) is 0 Å². The SMILES string of the molecule is COC(=O)C1=C2S[C@@H](C)C(=O)N2C(N)=C(C#N)[C@H]1c1ccc(Cl)cc1Cl. The van der Waals surface area contributed by atoms with Gasteiger partial charge < -0.3 is 10.5 Å². The summed E-state index contributed by atoms with van der Waals surface area (Å²) >= 11 is 13.5. The smallest absolute Gasteiger partial charge is 0.337 e. The molecule has 1 amide bonds. The predicted octanol–water partition coefficient (Wildman–Crippen LogP) is 3.13. The second-order valence-electron chi connectivity index (χ2n) is 5.65. The second-order valence-corrected chi connectivity index (χ2v) is 7.83. The van der Waals surface area contributed by atoms with Gasteiger partial charge in [0, 0.05) is 10.0 Å². The molecule has 2 aliphatic heterocycles. The van der Waals surface area contributed by atoms with Gasteiger partial charge in [0.05, 0.1) is 40.5 Å². The van der Waals surface area contributed by atoms with Crippen molar-refractivity contribution in [2.24, 2.45) is 5.73 Å². The van der Waals surface area contributed by atoms with Gasteiger partial charge in [-0.3, -0.25) is 9.69 Å². The number of methoxy groups -OCH3 is 1.